The maximum absolute atomic E-state index is 13.1. The SMILES string of the molecule is O=C1/C(=C/c2ccc(-c3c(O)c4ccc(O)cc4oc3=O)o2)SC(=S)N1C1CC2CCC1C2. The standard InChI is InChI=1S/C24H19NO6S2/c26-13-3-5-15-18(9-13)31-23(29)20(21(15)27)17-6-4-14(30-17)10-19-22(28)25(24(32)33-19)16-8-11-1-2-12(16)7-11/h3-6,9-12,16,26-27H,1-2,7-8H2/b19-10-. The molecule has 0 radical (unpaired) electrons. The highest BCUT2D eigenvalue weighted by atomic mass is 32.2. The number of thiocarbonyl (C=S) groups is 1. The van der Waals surface area contributed by atoms with Crippen molar-refractivity contribution in [1.29, 1.82) is 0 Å². The number of thioether (sulfide) groups is 1. The molecule has 7 nitrogen and oxygen atoms in total. The molecule has 168 valence electrons. The molecule has 3 unspecified atom stereocenters. The molecule has 3 heterocycles. The van der Waals surface area contributed by atoms with Crippen LogP contribution in [0.4, 0.5) is 0 Å². The van der Waals surface area contributed by atoms with Crippen LogP contribution in [0.15, 0.2) is 48.9 Å². The molecule has 3 atom stereocenters. The summed E-state index contributed by atoms with van der Waals surface area (Å²) in [5, 5.41) is 20.5. The van der Waals surface area contributed by atoms with Crippen LogP contribution in [0.5, 0.6) is 11.5 Å². The first kappa shape index (κ1) is 20.6. The van der Waals surface area contributed by atoms with E-state index in [0.717, 1.165) is 12.8 Å². The second-order valence-electron chi connectivity index (χ2n) is 8.79. The van der Waals surface area contributed by atoms with Crippen molar-refractivity contribution in [3.63, 3.8) is 0 Å². The molecule has 2 aromatic heterocycles. The van der Waals surface area contributed by atoms with Crippen molar-refractivity contribution in [2.45, 2.75) is 31.7 Å². The number of rotatable bonds is 3. The largest absolute Gasteiger partial charge is 0.508 e. The normalized spacial score (nSPS) is 25.8. The van der Waals surface area contributed by atoms with Gasteiger partial charge in [0.1, 0.15) is 38.5 Å². The summed E-state index contributed by atoms with van der Waals surface area (Å²) >= 11 is 6.79. The molecule has 3 fully saturated rings. The van der Waals surface area contributed by atoms with E-state index in [0.29, 0.717) is 26.8 Å². The number of furan rings is 1. The average Bonchev–Trinajstić information content (AvgIpc) is 3.54. The summed E-state index contributed by atoms with van der Waals surface area (Å²) in [5.41, 5.74) is -0.853. The van der Waals surface area contributed by atoms with Crippen LogP contribution in [0.1, 0.15) is 31.4 Å². The van der Waals surface area contributed by atoms with Crippen molar-refractivity contribution in [3.05, 3.63) is 51.4 Å². The average molecular weight is 482 g/mol. The van der Waals surface area contributed by atoms with Crippen molar-refractivity contribution >= 4 is 51.3 Å². The summed E-state index contributed by atoms with van der Waals surface area (Å²) in [7, 11) is 0. The quantitative estimate of drug-likeness (QED) is 0.311. The Morgan fingerprint density at radius 1 is 1.09 bits per heavy atom. The summed E-state index contributed by atoms with van der Waals surface area (Å²) < 4.78 is 11.6. The van der Waals surface area contributed by atoms with Gasteiger partial charge in [-0.05, 0) is 55.4 Å². The second-order valence-corrected chi connectivity index (χ2v) is 10.5. The van der Waals surface area contributed by atoms with Gasteiger partial charge < -0.3 is 19.0 Å². The fraction of sp³-hybridized carbons (Fsp3) is 0.292. The van der Waals surface area contributed by atoms with Gasteiger partial charge in [0.2, 0.25) is 0 Å². The van der Waals surface area contributed by atoms with Crippen LogP contribution in [0.2, 0.25) is 0 Å². The summed E-state index contributed by atoms with van der Waals surface area (Å²) in [6.07, 6.45) is 6.22. The number of carbonyl (C=O) groups excluding carboxylic acids is 1. The van der Waals surface area contributed by atoms with Gasteiger partial charge in [0.15, 0.2) is 0 Å². The maximum Gasteiger partial charge on any atom is 0.351 e. The monoisotopic (exact) mass is 481 g/mol. The molecule has 0 spiro atoms. The third-order valence-electron chi connectivity index (χ3n) is 6.87. The Balaban J connectivity index is 1.31. The smallest absolute Gasteiger partial charge is 0.351 e. The van der Waals surface area contributed by atoms with Crippen LogP contribution in [0.25, 0.3) is 28.4 Å². The lowest BCUT2D eigenvalue weighted by Crippen LogP contribution is -2.41. The number of amides is 1. The zero-order valence-corrected chi connectivity index (χ0v) is 18.9. The fourth-order valence-corrected chi connectivity index (χ4v) is 6.73. The van der Waals surface area contributed by atoms with Crippen LogP contribution < -0.4 is 5.63 Å². The van der Waals surface area contributed by atoms with E-state index in [4.69, 9.17) is 21.1 Å². The van der Waals surface area contributed by atoms with Crippen molar-refractivity contribution in [2.75, 3.05) is 0 Å². The van der Waals surface area contributed by atoms with Gasteiger partial charge in [-0.2, -0.15) is 0 Å². The van der Waals surface area contributed by atoms with Gasteiger partial charge in [-0.3, -0.25) is 9.69 Å². The molecule has 2 N–H and O–H groups in total. The first-order valence-electron chi connectivity index (χ1n) is 10.7. The van der Waals surface area contributed by atoms with Gasteiger partial charge in [-0.1, -0.05) is 30.4 Å². The van der Waals surface area contributed by atoms with E-state index < -0.39 is 5.63 Å². The van der Waals surface area contributed by atoms with Gasteiger partial charge >= 0.3 is 5.63 Å². The third kappa shape index (κ3) is 3.29. The van der Waals surface area contributed by atoms with Crippen molar-refractivity contribution in [1.82, 2.24) is 4.90 Å². The molecule has 2 saturated carbocycles. The molecule has 1 saturated heterocycles. The van der Waals surface area contributed by atoms with Gasteiger partial charge in [-0.25, -0.2) is 4.79 Å². The third-order valence-corrected chi connectivity index (χ3v) is 8.20. The number of benzene rings is 1. The van der Waals surface area contributed by atoms with E-state index in [2.05, 4.69) is 0 Å². The van der Waals surface area contributed by atoms with E-state index in [9.17, 15) is 19.8 Å². The van der Waals surface area contributed by atoms with E-state index in [1.807, 2.05) is 0 Å². The van der Waals surface area contributed by atoms with Crippen molar-refractivity contribution in [2.24, 2.45) is 11.8 Å². The lowest BCUT2D eigenvalue weighted by atomic mass is 9.94. The molecular weight excluding hydrogens is 462 g/mol. The Kier molecular flexibility index (Phi) is 4.67. The minimum Gasteiger partial charge on any atom is -0.508 e. The number of carbonyl (C=O) groups is 1. The zero-order chi connectivity index (χ0) is 22.9. The van der Waals surface area contributed by atoms with E-state index >= 15 is 0 Å². The molecule has 33 heavy (non-hydrogen) atoms. The summed E-state index contributed by atoms with van der Waals surface area (Å²) in [4.78, 5) is 27.9. The zero-order valence-electron chi connectivity index (χ0n) is 17.3. The van der Waals surface area contributed by atoms with Crippen LogP contribution >= 0.6 is 24.0 Å². The van der Waals surface area contributed by atoms with Gasteiger partial charge in [0.25, 0.3) is 5.91 Å². The highest BCUT2D eigenvalue weighted by molar-refractivity contribution is 8.26. The molecule has 9 heteroatoms. The molecule has 1 aliphatic heterocycles. The van der Waals surface area contributed by atoms with Gasteiger partial charge in [-0.15, -0.1) is 0 Å². The Morgan fingerprint density at radius 2 is 1.94 bits per heavy atom. The minimum atomic E-state index is -0.797. The Hall–Kier alpha value is -3.04. The summed E-state index contributed by atoms with van der Waals surface area (Å²) in [5.74, 6) is 1.23. The predicted molar refractivity (Wildman–Crippen MR) is 128 cm³/mol. The van der Waals surface area contributed by atoms with Crippen LogP contribution in [0.3, 0.4) is 0 Å². The first-order chi connectivity index (χ1) is 15.9. The Bertz CT molecular complexity index is 1420. The molecule has 1 amide bonds. The lowest BCUT2D eigenvalue weighted by molar-refractivity contribution is -0.124. The number of hydrogen-bond acceptors (Lipinski definition) is 8. The topological polar surface area (TPSA) is 104 Å². The first-order valence-corrected chi connectivity index (χ1v) is 12.0. The molecule has 6 rings (SSSR count). The van der Waals surface area contributed by atoms with Crippen LogP contribution in [-0.2, 0) is 4.79 Å². The van der Waals surface area contributed by atoms with E-state index in [-0.39, 0.29) is 45.7 Å². The molecule has 3 aliphatic rings. The van der Waals surface area contributed by atoms with E-state index in [1.54, 1.807) is 23.1 Å². The molecule has 1 aromatic carbocycles. The number of nitrogens with zero attached hydrogens (tertiary/aromatic N) is 1. The minimum absolute atomic E-state index is 0.0670. The lowest BCUT2D eigenvalue weighted by Gasteiger charge is -2.30. The Morgan fingerprint density at radius 3 is 2.70 bits per heavy atom. The summed E-state index contributed by atoms with van der Waals surface area (Å²) in [6.45, 7) is 0. The maximum atomic E-state index is 13.1. The van der Waals surface area contributed by atoms with Gasteiger partial charge in [0, 0.05) is 18.2 Å². The van der Waals surface area contributed by atoms with Crippen LogP contribution in [0, 0.1) is 11.8 Å². The van der Waals surface area contributed by atoms with Gasteiger partial charge in [0.05, 0.1) is 10.3 Å². The molecular formula is C24H19NO6S2. The second kappa shape index (κ2) is 7.50. The number of aromatic hydroxyl groups is 2. The molecule has 2 bridgehead atoms. The van der Waals surface area contributed by atoms with Crippen molar-refractivity contribution < 1.29 is 23.8 Å². The van der Waals surface area contributed by atoms with E-state index in [1.165, 1.54) is 42.8 Å². The highest BCUT2D eigenvalue weighted by Gasteiger charge is 2.48. The molecule has 3 aromatic rings. The number of phenolic OH excluding ortho intramolecular Hbond substituents is 1. The summed E-state index contributed by atoms with van der Waals surface area (Å²) in [6, 6.07) is 7.45. The molecule has 2 aliphatic carbocycles. The number of hydrogen-bond donors (Lipinski definition) is 2. The Labute approximate surface area is 197 Å². The predicted octanol–water partition coefficient (Wildman–Crippen LogP) is 4.85. The van der Waals surface area contributed by atoms with Crippen LogP contribution in [-0.4, -0.2) is 31.4 Å². The van der Waals surface area contributed by atoms with Crippen molar-refractivity contribution in [3.8, 4) is 22.8 Å². The highest BCUT2D eigenvalue weighted by Crippen LogP contribution is 2.49. The number of phenols is 1. The number of fused-ring (bicyclic) bond motifs is 3. The fourth-order valence-electron chi connectivity index (χ4n) is 5.38.